The van der Waals surface area contributed by atoms with Gasteiger partial charge in [0, 0.05) is 11.3 Å². The number of aryl methyl sites for hydroxylation is 1. The lowest BCUT2D eigenvalue weighted by Crippen LogP contribution is -2.30. The van der Waals surface area contributed by atoms with Crippen molar-refractivity contribution in [3.8, 4) is 0 Å². The summed E-state index contributed by atoms with van der Waals surface area (Å²) in [6.45, 7) is 3.34. The van der Waals surface area contributed by atoms with E-state index in [1.807, 2.05) is 0 Å². The van der Waals surface area contributed by atoms with Gasteiger partial charge in [0.05, 0.1) is 0 Å². The number of carbonyl (C=O) groups is 1. The maximum atomic E-state index is 11.1. The topological polar surface area (TPSA) is 80.9 Å². The van der Waals surface area contributed by atoms with Crippen molar-refractivity contribution in [1.29, 1.82) is 0 Å². The van der Waals surface area contributed by atoms with Crippen LogP contribution in [-0.2, 0) is 0 Å². The fourth-order valence-electron chi connectivity index (χ4n) is 0.786. The minimum atomic E-state index is -0.786. The Morgan fingerprint density at radius 3 is 2.27 bits per heavy atom. The molecule has 1 aromatic heterocycles. The molecule has 11 heavy (non-hydrogen) atoms. The van der Waals surface area contributed by atoms with E-state index in [1.165, 1.54) is 0 Å². The molecule has 1 amide bonds. The van der Waals surface area contributed by atoms with Crippen LogP contribution in [0.15, 0.2) is 4.79 Å². The van der Waals surface area contributed by atoms with Gasteiger partial charge in [0.1, 0.15) is 0 Å². The van der Waals surface area contributed by atoms with Crippen LogP contribution in [0, 0.1) is 13.8 Å². The first-order valence-electron chi connectivity index (χ1n) is 3.12. The van der Waals surface area contributed by atoms with Gasteiger partial charge in [-0.3, -0.25) is 9.89 Å². The molecule has 0 fully saturated rings. The molecule has 0 saturated carbocycles. The van der Waals surface area contributed by atoms with Gasteiger partial charge in [-0.25, -0.2) is 4.79 Å². The molecule has 1 aromatic rings. The number of aromatic nitrogens is 2. The van der Waals surface area contributed by atoms with Gasteiger partial charge in [-0.1, -0.05) is 0 Å². The van der Waals surface area contributed by atoms with Gasteiger partial charge in [0.15, 0.2) is 0 Å². The molecule has 0 aliphatic carbocycles. The van der Waals surface area contributed by atoms with Crippen molar-refractivity contribution in [2.45, 2.75) is 13.8 Å². The second kappa shape index (κ2) is 2.26. The maximum absolute atomic E-state index is 11.1. The van der Waals surface area contributed by atoms with Crippen molar-refractivity contribution in [2.24, 2.45) is 5.73 Å². The first-order valence-corrected chi connectivity index (χ1v) is 3.12. The summed E-state index contributed by atoms with van der Waals surface area (Å²) in [7, 11) is 0. The monoisotopic (exact) mass is 155 g/mol. The molecule has 0 saturated heterocycles. The normalized spacial score (nSPS) is 10.0. The molecular formula is C6H9N3O2. The Bertz CT molecular complexity index is 347. The van der Waals surface area contributed by atoms with Crippen LogP contribution in [0.4, 0.5) is 4.79 Å². The smallest absolute Gasteiger partial charge is 0.341 e. The van der Waals surface area contributed by atoms with Crippen LogP contribution in [-0.4, -0.2) is 15.8 Å². The molecule has 1 rings (SSSR count). The maximum Gasteiger partial charge on any atom is 0.341 e. The van der Waals surface area contributed by atoms with Crippen molar-refractivity contribution in [1.82, 2.24) is 9.78 Å². The highest BCUT2D eigenvalue weighted by Crippen LogP contribution is 1.94. The van der Waals surface area contributed by atoms with Gasteiger partial charge in [0.25, 0.3) is 5.56 Å². The first kappa shape index (κ1) is 7.59. The zero-order valence-electron chi connectivity index (χ0n) is 6.34. The Balaban J connectivity index is 3.42. The Kier molecular flexibility index (Phi) is 1.56. The van der Waals surface area contributed by atoms with E-state index >= 15 is 0 Å². The van der Waals surface area contributed by atoms with E-state index in [1.54, 1.807) is 13.8 Å². The number of nitrogens with zero attached hydrogens (tertiary/aromatic N) is 1. The average Bonchev–Trinajstić information content (AvgIpc) is 2.17. The highest BCUT2D eigenvalue weighted by molar-refractivity contribution is 5.73. The molecule has 5 nitrogen and oxygen atoms in total. The van der Waals surface area contributed by atoms with Crippen LogP contribution in [0.1, 0.15) is 11.3 Å². The molecule has 0 aliphatic rings. The van der Waals surface area contributed by atoms with Crippen LogP contribution in [0.5, 0.6) is 0 Å². The quantitative estimate of drug-likeness (QED) is 0.540. The molecule has 0 aromatic carbocycles. The number of rotatable bonds is 0. The number of carbonyl (C=O) groups excluding carboxylic acids is 1. The largest absolute Gasteiger partial charge is 0.350 e. The third-order valence-corrected chi connectivity index (χ3v) is 1.59. The third kappa shape index (κ3) is 1.04. The SMILES string of the molecule is Cc1[nH]n(C(N)=O)c(=O)c1C. The van der Waals surface area contributed by atoms with Crippen molar-refractivity contribution in [2.75, 3.05) is 0 Å². The van der Waals surface area contributed by atoms with Gasteiger partial charge in [-0.2, -0.15) is 4.68 Å². The van der Waals surface area contributed by atoms with Gasteiger partial charge in [0.2, 0.25) is 0 Å². The molecule has 0 unspecified atom stereocenters. The van der Waals surface area contributed by atoms with E-state index < -0.39 is 6.03 Å². The molecule has 3 N–H and O–H groups in total. The molecule has 5 heteroatoms. The zero-order valence-corrected chi connectivity index (χ0v) is 6.34. The van der Waals surface area contributed by atoms with E-state index in [2.05, 4.69) is 5.10 Å². The first-order chi connectivity index (χ1) is 5.04. The molecule has 0 atom stereocenters. The second-order valence-electron chi connectivity index (χ2n) is 2.34. The van der Waals surface area contributed by atoms with E-state index in [0.29, 0.717) is 11.3 Å². The van der Waals surface area contributed by atoms with Crippen LogP contribution in [0.25, 0.3) is 0 Å². The summed E-state index contributed by atoms with van der Waals surface area (Å²) < 4.78 is 0.782. The van der Waals surface area contributed by atoms with Crippen LogP contribution >= 0.6 is 0 Å². The summed E-state index contributed by atoms with van der Waals surface area (Å²) in [5.74, 6) is 0. The molecule has 0 aliphatic heterocycles. The molecule has 0 spiro atoms. The molecule has 0 bridgehead atoms. The van der Waals surface area contributed by atoms with E-state index in [0.717, 1.165) is 4.68 Å². The average molecular weight is 155 g/mol. The number of aromatic amines is 1. The Labute approximate surface area is 62.8 Å². The van der Waals surface area contributed by atoms with Crippen LogP contribution < -0.4 is 11.3 Å². The number of hydrogen-bond donors (Lipinski definition) is 2. The number of hydrogen-bond acceptors (Lipinski definition) is 2. The minimum absolute atomic E-state index is 0.380. The fraction of sp³-hybridized carbons (Fsp3) is 0.333. The van der Waals surface area contributed by atoms with Crippen molar-refractivity contribution < 1.29 is 4.79 Å². The molecule has 1 heterocycles. The third-order valence-electron chi connectivity index (χ3n) is 1.59. The standard InChI is InChI=1S/C6H9N3O2/c1-3-4(2)8-9(5(3)10)6(7)11/h8H,1-2H3,(H2,7,11). The van der Waals surface area contributed by atoms with E-state index in [4.69, 9.17) is 5.73 Å². The predicted molar refractivity (Wildman–Crippen MR) is 39.5 cm³/mol. The highest BCUT2D eigenvalue weighted by atomic mass is 16.2. The Morgan fingerprint density at radius 2 is 2.09 bits per heavy atom. The van der Waals surface area contributed by atoms with Crippen LogP contribution in [0.2, 0.25) is 0 Å². The highest BCUT2D eigenvalue weighted by Gasteiger charge is 2.08. The van der Waals surface area contributed by atoms with Gasteiger partial charge < -0.3 is 5.73 Å². The summed E-state index contributed by atoms with van der Waals surface area (Å²) in [4.78, 5) is 21.6. The van der Waals surface area contributed by atoms with Gasteiger partial charge in [-0.15, -0.1) is 0 Å². The Morgan fingerprint density at radius 1 is 1.55 bits per heavy atom. The lowest BCUT2D eigenvalue weighted by Gasteiger charge is -1.89. The lowest BCUT2D eigenvalue weighted by molar-refractivity contribution is 0.247. The summed E-state index contributed by atoms with van der Waals surface area (Å²) >= 11 is 0. The fourth-order valence-corrected chi connectivity index (χ4v) is 0.786. The van der Waals surface area contributed by atoms with Gasteiger partial charge in [-0.05, 0) is 13.8 Å². The van der Waals surface area contributed by atoms with E-state index in [9.17, 15) is 9.59 Å². The summed E-state index contributed by atoms with van der Waals surface area (Å²) in [5.41, 5.74) is 5.69. The molecule has 60 valence electrons. The Hall–Kier alpha value is -1.52. The van der Waals surface area contributed by atoms with Crippen molar-refractivity contribution in [3.05, 3.63) is 21.6 Å². The van der Waals surface area contributed by atoms with Crippen LogP contribution in [0.3, 0.4) is 0 Å². The van der Waals surface area contributed by atoms with Crippen molar-refractivity contribution in [3.63, 3.8) is 0 Å². The predicted octanol–water partition coefficient (Wildman–Crippen LogP) is -0.280. The minimum Gasteiger partial charge on any atom is -0.350 e. The number of nitrogens with one attached hydrogen (secondary N) is 1. The number of H-pyrrole nitrogens is 1. The zero-order chi connectivity index (χ0) is 8.59. The molecular weight excluding hydrogens is 146 g/mol. The van der Waals surface area contributed by atoms with Crippen molar-refractivity contribution >= 4 is 6.03 Å². The summed E-state index contributed by atoms with van der Waals surface area (Å²) in [6, 6.07) is -0.786. The number of nitrogens with two attached hydrogens (primary N) is 1. The number of amides is 1. The molecule has 0 radical (unpaired) electrons. The van der Waals surface area contributed by atoms with E-state index in [-0.39, 0.29) is 5.56 Å². The second-order valence-corrected chi connectivity index (χ2v) is 2.34. The number of primary amides is 1. The van der Waals surface area contributed by atoms with Gasteiger partial charge >= 0.3 is 6.03 Å². The lowest BCUT2D eigenvalue weighted by atomic mass is 10.3. The summed E-state index contributed by atoms with van der Waals surface area (Å²) in [5, 5.41) is 2.54. The summed E-state index contributed by atoms with van der Waals surface area (Å²) in [6.07, 6.45) is 0.